The van der Waals surface area contributed by atoms with E-state index in [1.54, 1.807) is 16.6 Å². The lowest BCUT2D eigenvalue weighted by Gasteiger charge is -2.17. The molecule has 3 N–H and O–H groups in total. The SMILES string of the molecule is CCCCNC1=CNN(c2ccc(Cn3cc(C(=O)O)cn3)cc2)S1. The fourth-order valence-electron chi connectivity index (χ4n) is 2.35. The van der Waals surface area contributed by atoms with Gasteiger partial charge in [-0.1, -0.05) is 25.5 Å². The number of carbonyl (C=O) groups is 1. The van der Waals surface area contributed by atoms with E-state index in [0.717, 1.165) is 29.2 Å². The number of unbranched alkanes of at least 4 members (excludes halogenated alkanes) is 1. The van der Waals surface area contributed by atoms with E-state index in [1.807, 2.05) is 34.9 Å². The van der Waals surface area contributed by atoms with Crippen LogP contribution in [0.25, 0.3) is 0 Å². The molecule has 0 bridgehead atoms. The minimum atomic E-state index is -0.963. The molecule has 0 fully saturated rings. The van der Waals surface area contributed by atoms with Gasteiger partial charge in [0.15, 0.2) is 0 Å². The zero-order valence-corrected chi connectivity index (χ0v) is 14.8. The third kappa shape index (κ3) is 4.48. The molecule has 0 unspecified atom stereocenters. The average molecular weight is 359 g/mol. The molecular formula is C17H21N5O2S. The Balaban J connectivity index is 1.55. The molecule has 1 aliphatic heterocycles. The Hall–Kier alpha value is -2.61. The molecule has 0 aliphatic carbocycles. The summed E-state index contributed by atoms with van der Waals surface area (Å²) in [5.41, 5.74) is 5.52. The summed E-state index contributed by atoms with van der Waals surface area (Å²) in [5, 5.41) is 17.5. The number of anilines is 1. The number of benzene rings is 1. The van der Waals surface area contributed by atoms with Crippen LogP contribution >= 0.6 is 11.9 Å². The van der Waals surface area contributed by atoms with Crippen molar-refractivity contribution in [3.8, 4) is 0 Å². The van der Waals surface area contributed by atoms with E-state index < -0.39 is 5.97 Å². The van der Waals surface area contributed by atoms with Crippen molar-refractivity contribution in [3.05, 3.63) is 59.0 Å². The first kappa shape index (κ1) is 17.2. The van der Waals surface area contributed by atoms with Gasteiger partial charge in [0.25, 0.3) is 0 Å². The molecule has 0 amide bonds. The first-order chi connectivity index (χ1) is 12.2. The molecule has 0 atom stereocenters. The summed E-state index contributed by atoms with van der Waals surface area (Å²) in [4.78, 5) is 10.9. The maximum absolute atomic E-state index is 10.9. The Kier molecular flexibility index (Phi) is 5.49. The molecule has 1 aromatic carbocycles. The van der Waals surface area contributed by atoms with Crippen LogP contribution in [-0.4, -0.2) is 27.4 Å². The van der Waals surface area contributed by atoms with Gasteiger partial charge in [0, 0.05) is 24.7 Å². The Labute approximate surface area is 150 Å². The van der Waals surface area contributed by atoms with Crippen LogP contribution in [-0.2, 0) is 6.54 Å². The third-order valence-electron chi connectivity index (χ3n) is 3.73. The Bertz CT molecular complexity index is 757. The van der Waals surface area contributed by atoms with Crippen LogP contribution in [0.4, 0.5) is 5.69 Å². The molecule has 7 nitrogen and oxygen atoms in total. The van der Waals surface area contributed by atoms with Gasteiger partial charge >= 0.3 is 5.97 Å². The molecule has 0 saturated carbocycles. The smallest absolute Gasteiger partial charge is 0.338 e. The van der Waals surface area contributed by atoms with Gasteiger partial charge in [-0.15, -0.1) is 0 Å². The van der Waals surface area contributed by atoms with Crippen LogP contribution in [0.3, 0.4) is 0 Å². The highest BCUT2D eigenvalue weighted by molar-refractivity contribution is 8.04. The molecular weight excluding hydrogens is 338 g/mol. The lowest BCUT2D eigenvalue weighted by atomic mass is 10.2. The number of rotatable bonds is 8. The lowest BCUT2D eigenvalue weighted by molar-refractivity contribution is 0.0697. The van der Waals surface area contributed by atoms with Crippen LogP contribution in [0.2, 0.25) is 0 Å². The number of carboxylic acid groups (broad SMARTS) is 1. The number of aromatic nitrogens is 2. The minimum Gasteiger partial charge on any atom is -0.478 e. The average Bonchev–Trinajstić information content (AvgIpc) is 3.26. The van der Waals surface area contributed by atoms with Crippen molar-refractivity contribution in [2.24, 2.45) is 0 Å². The quantitative estimate of drug-likeness (QED) is 0.494. The second-order valence-electron chi connectivity index (χ2n) is 5.70. The molecule has 1 aromatic heterocycles. The normalized spacial score (nSPS) is 13.5. The number of hydrogen-bond acceptors (Lipinski definition) is 6. The standard InChI is InChI=1S/C17H21N5O2S/c1-2-3-8-18-16-10-20-22(25-16)15-6-4-13(5-7-15)11-21-12-14(9-19-21)17(23)24/h4-7,9-10,12,18,20H,2-3,8,11H2,1H3,(H,23,24). The monoisotopic (exact) mass is 359 g/mol. The number of carboxylic acids is 1. The van der Waals surface area contributed by atoms with Crippen molar-refractivity contribution >= 4 is 23.6 Å². The number of nitrogens with one attached hydrogen (secondary N) is 2. The van der Waals surface area contributed by atoms with Crippen LogP contribution in [0, 0.1) is 0 Å². The largest absolute Gasteiger partial charge is 0.478 e. The van der Waals surface area contributed by atoms with Crippen LogP contribution < -0.4 is 15.2 Å². The van der Waals surface area contributed by atoms with Gasteiger partial charge < -0.3 is 10.4 Å². The first-order valence-electron chi connectivity index (χ1n) is 8.18. The van der Waals surface area contributed by atoms with E-state index in [9.17, 15) is 4.79 Å². The van der Waals surface area contributed by atoms with Crippen LogP contribution in [0.5, 0.6) is 0 Å². The second-order valence-corrected chi connectivity index (χ2v) is 6.69. The molecule has 3 rings (SSSR count). The van der Waals surface area contributed by atoms with E-state index in [1.165, 1.54) is 18.8 Å². The fourth-order valence-corrected chi connectivity index (χ4v) is 3.15. The summed E-state index contributed by atoms with van der Waals surface area (Å²) in [6.45, 7) is 3.69. The highest BCUT2D eigenvalue weighted by Gasteiger charge is 2.15. The Morgan fingerprint density at radius 1 is 1.36 bits per heavy atom. The van der Waals surface area contributed by atoms with E-state index in [-0.39, 0.29) is 5.56 Å². The molecule has 25 heavy (non-hydrogen) atoms. The van der Waals surface area contributed by atoms with Crippen molar-refractivity contribution in [2.75, 3.05) is 11.0 Å². The highest BCUT2D eigenvalue weighted by Crippen LogP contribution is 2.28. The van der Waals surface area contributed by atoms with Crippen LogP contribution in [0.1, 0.15) is 35.7 Å². The molecule has 2 aromatic rings. The number of hydrogen-bond donors (Lipinski definition) is 3. The third-order valence-corrected chi connectivity index (χ3v) is 4.69. The molecule has 0 radical (unpaired) electrons. The fraction of sp³-hybridized carbons (Fsp3) is 0.294. The molecule has 2 heterocycles. The van der Waals surface area contributed by atoms with Gasteiger partial charge in [0.05, 0.1) is 30.2 Å². The van der Waals surface area contributed by atoms with Crippen LogP contribution in [0.15, 0.2) is 47.9 Å². The summed E-state index contributed by atoms with van der Waals surface area (Å²) >= 11 is 1.62. The molecule has 0 spiro atoms. The first-order valence-corrected chi connectivity index (χ1v) is 8.96. The lowest BCUT2D eigenvalue weighted by Crippen LogP contribution is -2.22. The van der Waals surface area contributed by atoms with Gasteiger partial charge in [0.1, 0.15) is 5.03 Å². The zero-order valence-electron chi connectivity index (χ0n) is 14.0. The summed E-state index contributed by atoms with van der Waals surface area (Å²) < 4.78 is 3.62. The maximum Gasteiger partial charge on any atom is 0.338 e. The number of nitrogens with zero attached hydrogens (tertiary/aromatic N) is 3. The van der Waals surface area contributed by atoms with Crippen molar-refractivity contribution in [3.63, 3.8) is 0 Å². The van der Waals surface area contributed by atoms with Gasteiger partial charge in [-0.25, -0.2) is 9.21 Å². The predicted molar refractivity (Wildman–Crippen MR) is 98.9 cm³/mol. The van der Waals surface area contributed by atoms with Crippen molar-refractivity contribution in [1.82, 2.24) is 20.5 Å². The molecule has 1 aliphatic rings. The molecule has 8 heteroatoms. The zero-order chi connectivity index (χ0) is 17.6. The summed E-state index contributed by atoms with van der Waals surface area (Å²) in [7, 11) is 0. The van der Waals surface area contributed by atoms with Gasteiger partial charge in [-0.2, -0.15) is 5.10 Å². The van der Waals surface area contributed by atoms with Crippen molar-refractivity contribution in [2.45, 2.75) is 26.3 Å². The van der Waals surface area contributed by atoms with E-state index in [0.29, 0.717) is 6.54 Å². The number of hydrazine groups is 1. The van der Waals surface area contributed by atoms with Gasteiger partial charge in [-0.3, -0.25) is 10.1 Å². The highest BCUT2D eigenvalue weighted by atomic mass is 32.2. The predicted octanol–water partition coefficient (Wildman–Crippen LogP) is 2.79. The molecule has 132 valence electrons. The maximum atomic E-state index is 10.9. The number of aromatic carboxylic acids is 1. The van der Waals surface area contributed by atoms with E-state index in [4.69, 9.17) is 5.11 Å². The van der Waals surface area contributed by atoms with Crippen molar-refractivity contribution < 1.29 is 9.90 Å². The minimum absolute atomic E-state index is 0.198. The Morgan fingerprint density at radius 3 is 2.84 bits per heavy atom. The summed E-state index contributed by atoms with van der Waals surface area (Å²) in [6.07, 6.45) is 7.19. The van der Waals surface area contributed by atoms with E-state index >= 15 is 0 Å². The topological polar surface area (TPSA) is 82.4 Å². The summed E-state index contributed by atoms with van der Waals surface area (Å²) in [5.74, 6) is -0.963. The van der Waals surface area contributed by atoms with Gasteiger partial charge in [0.2, 0.25) is 0 Å². The second kappa shape index (κ2) is 7.98. The molecule has 0 saturated heterocycles. The van der Waals surface area contributed by atoms with Gasteiger partial charge in [-0.05, 0) is 24.1 Å². The Morgan fingerprint density at radius 2 is 2.16 bits per heavy atom. The van der Waals surface area contributed by atoms with Crippen molar-refractivity contribution in [1.29, 1.82) is 0 Å². The summed E-state index contributed by atoms with van der Waals surface area (Å²) in [6, 6.07) is 8.09. The van der Waals surface area contributed by atoms with E-state index in [2.05, 4.69) is 22.8 Å².